The van der Waals surface area contributed by atoms with Crippen molar-refractivity contribution in [3.8, 4) is 0 Å². The molecule has 1 saturated heterocycles. The molecule has 0 aromatic heterocycles. The molecule has 0 aromatic rings. The van der Waals surface area contributed by atoms with E-state index in [1.54, 1.807) is 0 Å². The zero-order valence-corrected chi connectivity index (χ0v) is 11.9. The number of hydrogen-bond acceptors (Lipinski definition) is 2. The van der Waals surface area contributed by atoms with Crippen molar-refractivity contribution in [2.45, 2.75) is 84.6 Å². The van der Waals surface area contributed by atoms with Crippen molar-refractivity contribution in [2.75, 3.05) is 0 Å². The molecule has 1 fully saturated rings. The first-order chi connectivity index (χ1) is 7.35. The highest BCUT2D eigenvalue weighted by molar-refractivity contribution is 4.96. The fraction of sp³-hybridized carbons (Fsp3) is 1.00. The molecule has 0 radical (unpaired) electrons. The number of nitrogens with one attached hydrogen (secondary N) is 1. The van der Waals surface area contributed by atoms with Gasteiger partial charge in [0, 0.05) is 5.54 Å². The van der Waals surface area contributed by atoms with Crippen LogP contribution in [0.5, 0.6) is 0 Å². The lowest BCUT2D eigenvalue weighted by molar-refractivity contribution is -0.193. The monoisotopic (exact) mass is 227 g/mol. The van der Waals surface area contributed by atoms with Crippen LogP contribution >= 0.6 is 0 Å². The van der Waals surface area contributed by atoms with E-state index in [-0.39, 0.29) is 11.3 Å². The SMILES string of the molecule is CCC[C@H](C)[C@@]1(CC)NC(C)(C)C[C@H](C)O1. The average Bonchev–Trinajstić information content (AvgIpc) is 2.14. The summed E-state index contributed by atoms with van der Waals surface area (Å²) in [5.41, 5.74) is 0.0762. The van der Waals surface area contributed by atoms with E-state index in [1.807, 2.05) is 0 Å². The summed E-state index contributed by atoms with van der Waals surface area (Å²) in [4.78, 5) is 0. The second kappa shape index (κ2) is 5.05. The second-order valence-electron chi connectivity index (χ2n) is 6.07. The van der Waals surface area contributed by atoms with Gasteiger partial charge in [-0.2, -0.15) is 0 Å². The molecule has 2 nitrogen and oxygen atoms in total. The van der Waals surface area contributed by atoms with Crippen LogP contribution in [-0.2, 0) is 4.74 Å². The topological polar surface area (TPSA) is 21.3 Å². The van der Waals surface area contributed by atoms with Crippen molar-refractivity contribution in [1.29, 1.82) is 0 Å². The smallest absolute Gasteiger partial charge is 0.122 e. The van der Waals surface area contributed by atoms with Gasteiger partial charge in [-0.15, -0.1) is 0 Å². The maximum Gasteiger partial charge on any atom is 0.122 e. The molecular formula is C14H29NO. The molecule has 0 amide bonds. The van der Waals surface area contributed by atoms with Crippen LogP contribution in [0.1, 0.15) is 67.2 Å². The maximum absolute atomic E-state index is 6.26. The fourth-order valence-electron chi connectivity index (χ4n) is 3.20. The Morgan fingerprint density at radius 3 is 2.44 bits per heavy atom. The highest BCUT2D eigenvalue weighted by Gasteiger charge is 2.44. The van der Waals surface area contributed by atoms with Crippen molar-refractivity contribution in [3.63, 3.8) is 0 Å². The van der Waals surface area contributed by atoms with Gasteiger partial charge in [-0.1, -0.05) is 27.2 Å². The molecule has 0 bridgehead atoms. The van der Waals surface area contributed by atoms with E-state index >= 15 is 0 Å². The summed E-state index contributed by atoms with van der Waals surface area (Å²) >= 11 is 0. The Labute approximate surface area is 101 Å². The van der Waals surface area contributed by atoms with Gasteiger partial charge in [0.2, 0.25) is 0 Å². The normalized spacial score (nSPS) is 36.0. The van der Waals surface area contributed by atoms with Crippen molar-refractivity contribution in [2.24, 2.45) is 5.92 Å². The van der Waals surface area contributed by atoms with Crippen LogP contribution in [0.2, 0.25) is 0 Å². The van der Waals surface area contributed by atoms with Gasteiger partial charge in [0.15, 0.2) is 0 Å². The summed E-state index contributed by atoms with van der Waals surface area (Å²) in [5.74, 6) is 0.574. The number of ether oxygens (including phenoxy) is 1. The minimum Gasteiger partial charge on any atom is -0.357 e. The van der Waals surface area contributed by atoms with E-state index in [1.165, 1.54) is 12.8 Å². The Hall–Kier alpha value is -0.0800. The summed E-state index contributed by atoms with van der Waals surface area (Å²) in [6.07, 6.45) is 4.94. The van der Waals surface area contributed by atoms with E-state index in [0.717, 1.165) is 12.8 Å². The minimum atomic E-state index is -0.114. The van der Waals surface area contributed by atoms with Gasteiger partial charge >= 0.3 is 0 Å². The van der Waals surface area contributed by atoms with Crippen LogP contribution < -0.4 is 5.32 Å². The summed E-state index contributed by atoms with van der Waals surface area (Å²) in [6, 6.07) is 0. The predicted octanol–water partition coefficient (Wildman–Crippen LogP) is 3.71. The van der Waals surface area contributed by atoms with Crippen LogP contribution in [0.15, 0.2) is 0 Å². The first-order valence-corrected chi connectivity index (χ1v) is 6.82. The molecular weight excluding hydrogens is 198 g/mol. The highest BCUT2D eigenvalue weighted by atomic mass is 16.5. The van der Waals surface area contributed by atoms with Gasteiger partial charge in [0.25, 0.3) is 0 Å². The fourth-order valence-corrected chi connectivity index (χ4v) is 3.20. The standard InChI is InChI=1S/C14H29NO/c1-7-9-11(3)14(8-2)15-13(5,6)10-12(4)16-14/h11-12,15H,7-10H2,1-6H3/t11-,12-,14-/m0/s1. The molecule has 0 saturated carbocycles. The van der Waals surface area contributed by atoms with Gasteiger partial charge < -0.3 is 4.74 Å². The van der Waals surface area contributed by atoms with Crippen molar-refractivity contribution >= 4 is 0 Å². The summed E-state index contributed by atoms with van der Waals surface area (Å²) in [5, 5.41) is 3.75. The van der Waals surface area contributed by atoms with Crippen LogP contribution in [-0.4, -0.2) is 17.4 Å². The number of rotatable bonds is 4. The van der Waals surface area contributed by atoms with E-state index in [9.17, 15) is 0 Å². The lowest BCUT2D eigenvalue weighted by Crippen LogP contribution is -2.65. The predicted molar refractivity (Wildman–Crippen MR) is 69.5 cm³/mol. The first kappa shape index (κ1) is 14.0. The molecule has 0 spiro atoms. The molecule has 96 valence electrons. The van der Waals surface area contributed by atoms with Gasteiger partial charge in [-0.25, -0.2) is 0 Å². The molecule has 16 heavy (non-hydrogen) atoms. The third-order valence-electron chi connectivity index (χ3n) is 3.80. The summed E-state index contributed by atoms with van der Waals surface area (Å²) in [7, 11) is 0. The Morgan fingerprint density at radius 1 is 1.38 bits per heavy atom. The van der Waals surface area contributed by atoms with Crippen LogP contribution in [0.4, 0.5) is 0 Å². The lowest BCUT2D eigenvalue weighted by Gasteiger charge is -2.51. The second-order valence-corrected chi connectivity index (χ2v) is 6.07. The van der Waals surface area contributed by atoms with Crippen molar-refractivity contribution < 1.29 is 4.74 Å². The number of hydrogen-bond donors (Lipinski definition) is 1. The summed E-state index contributed by atoms with van der Waals surface area (Å²) < 4.78 is 6.26. The van der Waals surface area contributed by atoms with Crippen LogP contribution in [0.3, 0.4) is 0 Å². The zero-order valence-electron chi connectivity index (χ0n) is 11.9. The van der Waals surface area contributed by atoms with Crippen molar-refractivity contribution in [3.05, 3.63) is 0 Å². The Morgan fingerprint density at radius 2 is 2.00 bits per heavy atom. The molecule has 0 unspecified atom stereocenters. The summed E-state index contributed by atoms with van der Waals surface area (Å²) in [6.45, 7) is 13.6. The van der Waals surface area contributed by atoms with Crippen LogP contribution in [0, 0.1) is 5.92 Å². The van der Waals surface area contributed by atoms with Crippen LogP contribution in [0.25, 0.3) is 0 Å². The van der Waals surface area contributed by atoms with E-state index < -0.39 is 0 Å². The molecule has 0 aromatic carbocycles. The first-order valence-electron chi connectivity index (χ1n) is 6.82. The largest absolute Gasteiger partial charge is 0.357 e. The zero-order chi connectivity index (χ0) is 12.4. The molecule has 1 N–H and O–H groups in total. The highest BCUT2D eigenvalue weighted by Crippen LogP contribution is 2.36. The van der Waals surface area contributed by atoms with Crippen molar-refractivity contribution in [1.82, 2.24) is 5.32 Å². The third-order valence-corrected chi connectivity index (χ3v) is 3.80. The van der Waals surface area contributed by atoms with Gasteiger partial charge in [0.05, 0.1) is 6.10 Å². The van der Waals surface area contributed by atoms with E-state index in [0.29, 0.717) is 12.0 Å². The Bertz CT molecular complexity index is 227. The van der Waals surface area contributed by atoms with E-state index in [4.69, 9.17) is 4.74 Å². The Balaban J connectivity index is 2.85. The molecule has 1 aliphatic heterocycles. The quantitative estimate of drug-likeness (QED) is 0.790. The van der Waals surface area contributed by atoms with Gasteiger partial charge in [-0.05, 0) is 46.0 Å². The van der Waals surface area contributed by atoms with E-state index in [2.05, 4.69) is 46.9 Å². The Kier molecular flexibility index (Phi) is 4.42. The molecule has 0 aliphatic carbocycles. The maximum atomic E-state index is 6.26. The molecule has 1 aliphatic rings. The third kappa shape index (κ3) is 2.98. The molecule has 1 heterocycles. The van der Waals surface area contributed by atoms with Gasteiger partial charge in [0.1, 0.15) is 5.72 Å². The lowest BCUT2D eigenvalue weighted by atomic mass is 9.83. The molecule has 2 heteroatoms. The average molecular weight is 227 g/mol. The van der Waals surface area contributed by atoms with Gasteiger partial charge in [-0.3, -0.25) is 5.32 Å². The molecule has 3 atom stereocenters. The molecule has 1 rings (SSSR count). The minimum absolute atomic E-state index is 0.114.